The van der Waals surface area contributed by atoms with Crippen LogP contribution in [0.4, 0.5) is 0 Å². The monoisotopic (exact) mass is 290 g/mol. The Bertz CT molecular complexity index is 834. The van der Waals surface area contributed by atoms with Gasteiger partial charge in [0.1, 0.15) is 0 Å². The summed E-state index contributed by atoms with van der Waals surface area (Å²) in [6, 6.07) is 7.19. The summed E-state index contributed by atoms with van der Waals surface area (Å²) in [7, 11) is 3.51. The molecule has 2 heterocycles. The minimum atomic E-state index is -1.06. The van der Waals surface area contributed by atoms with E-state index in [1.54, 1.807) is 11.7 Å². The van der Waals surface area contributed by atoms with Crippen LogP contribution in [0.15, 0.2) is 24.3 Å². The zero-order valence-electron chi connectivity index (χ0n) is 10.8. The van der Waals surface area contributed by atoms with E-state index < -0.39 is 5.97 Å². The van der Waals surface area contributed by atoms with Gasteiger partial charge in [0.15, 0.2) is 10.8 Å². The van der Waals surface area contributed by atoms with Crippen molar-refractivity contribution in [3.8, 4) is 11.3 Å². The number of carboxylic acids is 1. The SMILES string of the molecule is Cn1nc(C(=O)O)cc1-c1cccc2c1c(Cl)nn2C. The third kappa shape index (κ3) is 1.77. The van der Waals surface area contributed by atoms with Gasteiger partial charge in [-0.3, -0.25) is 9.36 Å². The number of fused-ring (bicyclic) bond motifs is 1. The highest BCUT2D eigenvalue weighted by Gasteiger charge is 2.17. The Labute approximate surface area is 119 Å². The van der Waals surface area contributed by atoms with Crippen LogP contribution in [0.5, 0.6) is 0 Å². The van der Waals surface area contributed by atoms with Crippen molar-refractivity contribution in [3.63, 3.8) is 0 Å². The average Bonchev–Trinajstić information content (AvgIpc) is 2.92. The van der Waals surface area contributed by atoms with Crippen LogP contribution in [0, 0.1) is 0 Å². The summed E-state index contributed by atoms with van der Waals surface area (Å²) in [4.78, 5) is 11.0. The van der Waals surface area contributed by atoms with Crippen LogP contribution in [0.25, 0.3) is 22.2 Å². The molecule has 3 aromatic rings. The number of aromatic carboxylic acids is 1. The fourth-order valence-electron chi connectivity index (χ4n) is 2.30. The van der Waals surface area contributed by atoms with E-state index in [1.165, 1.54) is 10.7 Å². The predicted molar refractivity (Wildman–Crippen MR) is 74.9 cm³/mol. The Balaban J connectivity index is 2.32. The van der Waals surface area contributed by atoms with Gasteiger partial charge in [-0.05, 0) is 12.1 Å². The van der Waals surface area contributed by atoms with E-state index in [4.69, 9.17) is 16.7 Å². The van der Waals surface area contributed by atoms with Crippen LogP contribution in [0.2, 0.25) is 5.15 Å². The molecule has 6 nitrogen and oxygen atoms in total. The van der Waals surface area contributed by atoms with E-state index in [2.05, 4.69) is 10.2 Å². The highest BCUT2D eigenvalue weighted by Crippen LogP contribution is 2.33. The number of halogens is 1. The van der Waals surface area contributed by atoms with Gasteiger partial charge in [-0.15, -0.1) is 0 Å². The van der Waals surface area contributed by atoms with E-state index in [9.17, 15) is 4.79 Å². The topological polar surface area (TPSA) is 72.9 Å². The third-order valence-corrected chi connectivity index (χ3v) is 3.47. The number of carboxylic acid groups (broad SMARTS) is 1. The summed E-state index contributed by atoms with van der Waals surface area (Å²) in [5.41, 5.74) is 2.37. The van der Waals surface area contributed by atoms with Gasteiger partial charge in [0, 0.05) is 25.0 Å². The number of rotatable bonds is 2. The molecular formula is C13H11ClN4O2. The molecule has 3 rings (SSSR count). The molecule has 0 atom stereocenters. The number of aromatic nitrogens is 4. The molecule has 0 spiro atoms. The summed E-state index contributed by atoms with van der Waals surface area (Å²) in [6.45, 7) is 0. The number of hydrogen-bond acceptors (Lipinski definition) is 3. The summed E-state index contributed by atoms with van der Waals surface area (Å²) >= 11 is 6.18. The number of carbonyl (C=O) groups is 1. The second-order valence-corrected chi connectivity index (χ2v) is 4.82. The molecule has 0 amide bonds. The molecule has 102 valence electrons. The lowest BCUT2D eigenvalue weighted by molar-refractivity contribution is 0.0689. The lowest BCUT2D eigenvalue weighted by Gasteiger charge is -2.04. The molecule has 0 saturated carbocycles. The predicted octanol–water partition coefficient (Wildman–Crippen LogP) is 2.33. The van der Waals surface area contributed by atoms with Gasteiger partial charge in [-0.2, -0.15) is 10.2 Å². The van der Waals surface area contributed by atoms with E-state index in [-0.39, 0.29) is 5.69 Å². The fourth-order valence-corrected chi connectivity index (χ4v) is 2.61. The smallest absolute Gasteiger partial charge is 0.356 e. The molecule has 0 unspecified atom stereocenters. The minimum Gasteiger partial charge on any atom is -0.476 e. The summed E-state index contributed by atoms with van der Waals surface area (Å²) in [5.74, 6) is -1.06. The van der Waals surface area contributed by atoms with Crippen LogP contribution in [-0.4, -0.2) is 30.6 Å². The van der Waals surface area contributed by atoms with Gasteiger partial charge in [0.05, 0.1) is 11.2 Å². The second-order valence-electron chi connectivity index (χ2n) is 4.46. The lowest BCUT2D eigenvalue weighted by Crippen LogP contribution is -1.99. The maximum absolute atomic E-state index is 11.0. The van der Waals surface area contributed by atoms with Crippen LogP contribution in [-0.2, 0) is 14.1 Å². The molecular weight excluding hydrogens is 280 g/mol. The first-order chi connectivity index (χ1) is 9.49. The molecule has 0 aliphatic carbocycles. The van der Waals surface area contributed by atoms with Crippen molar-refractivity contribution in [1.29, 1.82) is 0 Å². The molecule has 0 aliphatic heterocycles. The minimum absolute atomic E-state index is 0.000448. The fraction of sp³-hybridized carbons (Fsp3) is 0.154. The molecule has 0 fully saturated rings. The molecule has 0 saturated heterocycles. The Morgan fingerprint density at radius 2 is 2.00 bits per heavy atom. The van der Waals surface area contributed by atoms with E-state index >= 15 is 0 Å². The zero-order chi connectivity index (χ0) is 14.4. The van der Waals surface area contributed by atoms with Gasteiger partial charge in [-0.25, -0.2) is 4.79 Å². The van der Waals surface area contributed by atoms with Crippen molar-refractivity contribution in [2.75, 3.05) is 0 Å². The van der Waals surface area contributed by atoms with Crippen LogP contribution >= 0.6 is 11.6 Å². The van der Waals surface area contributed by atoms with Gasteiger partial charge >= 0.3 is 5.97 Å². The Kier molecular flexibility index (Phi) is 2.76. The Morgan fingerprint density at radius 1 is 1.25 bits per heavy atom. The Hall–Kier alpha value is -2.34. The maximum Gasteiger partial charge on any atom is 0.356 e. The summed E-state index contributed by atoms with van der Waals surface area (Å²) < 4.78 is 3.22. The maximum atomic E-state index is 11.0. The van der Waals surface area contributed by atoms with Crippen molar-refractivity contribution < 1.29 is 9.90 Å². The molecule has 0 radical (unpaired) electrons. The first-order valence-corrected chi connectivity index (χ1v) is 6.25. The van der Waals surface area contributed by atoms with Crippen LogP contribution in [0.1, 0.15) is 10.5 Å². The molecule has 1 N–H and O–H groups in total. The molecule has 1 aromatic carbocycles. The standard InChI is InChI=1S/C13H11ClN4O2/c1-17-9-5-3-4-7(11(9)12(14)16-17)10-6-8(13(19)20)15-18(10)2/h3-6H,1-2H3,(H,19,20). The molecule has 0 bridgehead atoms. The molecule has 20 heavy (non-hydrogen) atoms. The number of nitrogens with zero attached hydrogens (tertiary/aromatic N) is 4. The van der Waals surface area contributed by atoms with Gasteiger partial charge in [0.2, 0.25) is 0 Å². The van der Waals surface area contributed by atoms with E-state index in [0.29, 0.717) is 10.8 Å². The van der Waals surface area contributed by atoms with Crippen molar-refractivity contribution in [2.24, 2.45) is 14.1 Å². The average molecular weight is 291 g/mol. The van der Waals surface area contributed by atoms with Crippen molar-refractivity contribution in [1.82, 2.24) is 19.6 Å². The zero-order valence-corrected chi connectivity index (χ0v) is 11.6. The van der Waals surface area contributed by atoms with Crippen molar-refractivity contribution >= 4 is 28.5 Å². The quantitative estimate of drug-likeness (QED) is 0.786. The van der Waals surface area contributed by atoms with Crippen molar-refractivity contribution in [2.45, 2.75) is 0 Å². The highest BCUT2D eigenvalue weighted by atomic mass is 35.5. The van der Waals surface area contributed by atoms with Gasteiger partial charge in [0.25, 0.3) is 0 Å². The van der Waals surface area contributed by atoms with Crippen LogP contribution < -0.4 is 0 Å². The van der Waals surface area contributed by atoms with Gasteiger partial charge in [-0.1, -0.05) is 23.7 Å². The molecule has 7 heteroatoms. The largest absolute Gasteiger partial charge is 0.476 e. The lowest BCUT2D eigenvalue weighted by atomic mass is 10.1. The number of benzene rings is 1. The third-order valence-electron chi connectivity index (χ3n) is 3.21. The molecule has 2 aromatic heterocycles. The molecule has 0 aliphatic rings. The number of hydrogen-bond donors (Lipinski definition) is 1. The van der Waals surface area contributed by atoms with Gasteiger partial charge < -0.3 is 5.11 Å². The normalized spacial score (nSPS) is 11.2. The second kappa shape index (κ2) is 4.35. The number of aryl methyl sites for hydroxylation is 2. The Morgan fingerprint density at radius 3 is 2.65 bits per heavy atom. The first-order valence-electron chi connectivity index (χ1n) is 5.88. The summed E-state index contributed by atoms with van der Waals surface area (Å²) in [6.07, 6.45) is 0. The van der Waals surface area contributed by atoms with E-state index in [1.807, 2.05) is 25.2 Å². The summed E-state index contributed by atoms with van der Waals surface area (Å²) in [5, 5.41) is 18.4. The first kappa shape index (κ1) is 12.7. The van der Waals surface area contributed by atoms with Crippen LogP contribution in [0.3, 0.4) is 0 Å². The van der Waals surface area contributed by atoms with Crippen molar-refractivity contribution in [3.05, 3.63) is 35.1 Å². The van der Waals surface area contributed by atoms with E-state index in [0.717, 1.165) is 16.5 Å². The highest BCUT2D eigenvalue weighted by molar-refractivity contribution is 6.35.